The molecule has 0 aliphatic heterocycles. The van der Waals surface area contributed by atoms with Gasteiger partial charge in [0.15, 0.2) is 9.84 Å². The zero-order valence-electron chi connectivity index (χ0n) is 8.72. The standard InChI is InChI=1S/C9H18O2S/c1-7(2)8(3)12(10,11)9(4,5)6/h1-6H3. The highest BCUT2D eigenvalue weighted by Crippen LogP contribution is 2.24. The molecule has 0 rings (SSSR count). The van der Waals surface area contributed by atoms with Gasteiger partial charge in [-0.25, -0.2) is 8.42 Å². The smallest absolute Gasteiger partial charge is 0.179 e. The van der Waals surface area contributed by atoms with Gasteiger partial charge in [0.1, 0.15) is 0 Å². The summed E-state index contributed by atoms with van der Waals surface area (Å²) >= 11 is 0. The Kier molecular flexibility index (Phi) is 3.12. The number of allylic oxidation sites excluding steroid dienone is 2. The summed E-state index contributed by atoms with van der Waals surface area (Å²) in [6, 6.07) is 0. The van der Waals surface area contributed by atoms with Gasteiger partial charge >= 0.3 is 0 Å². The molecule has 0 unspecified atom stereocenters. The zero-order chi connectivity index (χ0) is 10.2. The fourth-order valence-electron chi connectivity index (χ4n) is 0.728. The molecule has 12 heavy (non-hydrogen) atoms. The molecule has 2 nitrogen and oxygen atoms in total. The lowest BCUT2D eigenvalue weighted by molar-refractivity contribution is 0.566. The van der Waals surface area contributed by atoms with Crippen molar-refractivity contribution < 1.29 is 8.42 Å². The molecule has 72 valence electrons. The van der Waals surface area contributed by atoms with E-state index in [4.69, 9.17) is 0 Å². The SMILES string of the molecule is CC(C)=C(C)S(=O)(=O)C(C)(C)C. The molecule has 0 radical (unpaired) electrons. The second kappa shape index (κ2) is 3.21. The maximum Gasteiger partial charge on any atom is 0.179 e. The van der Waals surface area contributed by atoms with Gasteiger partial charge in [-0.15, -0.1) is 0 Å². The molecule has 3 heteroatoms. The van der Waals surface area contributed by atoms with E-state index >= 15 is 0 Å². The first-order valence-electron chi connectivity index (χ1n) is 3.99. The minimum atomic E-state index is -3.10. The minimum Gasteiger partial charge on any atom is -0.223 e. The summed E-state index contributed by atoms with van der Waals surface area (Å²) in [6.45, 7) is 10.4. The molecule has 0 aliphatic rings. The van der Waals surface area contributed by atoms with Gasteiger partial charge in [0, 0.05) is 4.91 Å². The van der Waals surface area contributed by atoms with Crippen LogP contribution in [0.25, 0.3) is 0 Å². The molecular weight excluding hydrogens is 172 g/mol. The van der Waals surface area contributed by atoms with E-state index in [9.17, 15) is 8.42 Å². The van der Waals surface area contributed by atoms with Crippen molar-refractivity contribution in [3.8, 4) is 0 Å². The molecule has 0 saturated carbocycles. The Bertz CT molecular complexity index is 285. The van der Waals surface area contributed by atoms with Gasteiger partial charge in [-0.1, -0.05) is 5.57 Å². The number of rotatable bonds is 1. The van der Waals surface area contributed by atoms with E-state index in [-0.39, 0.29) is 0 Å². The van der Waals surface area contributed by atoms with E-state index in [1.54, 1.807) is 27.7 Å². The van der Waals surface area contributed by atoms with Crippen molar-refractivity contribution in [1.82, 2.24) is 0 Å². The monoisotopic (exact) mass is 190 g/mol. The van der Waals surface area contributed by atoms with Gasteiger partial charge in [0.25, 0.3) is 0 Å². The van der Waals surface area contributed by atoms with E-state index in [0.29, 0.717) is 4.91 Å². The third-order valence-corrected chi connectivity index (χ3v) is 4.74. The fraction of sp³-hybridized carbons (Fsp3) is 0.778. The number of hydrogen-bond acceptors (Lipinski definition) is 2. The zero-order valence-corrected chi connectivity index (χ0v) is 9.54. The normalized spacial score (nSPS) is 12.8. The van der Waals surface area contributed by atoms with Crippen LogP contribution < -0.4 is 0 Å². The van der Waals surface area contributed by atoms with Gasteiger partial charge in [0.2, 0.25) is 0 Å². The maximum absolute atomic E-state index is 11.7. The molecule has 0 fully saturated rings. The average Bonchev–Trinajstić information content (AvgIpc) is 1.83. The fourth-order valence-corrected chi connectivity index (χ4v) is 2.18. The molecule has 0 aromatic heterocycles. The van der Waals surface area contributed by atoms with Crippen molar-refractivity contribution in [2.24, 2.45) is 0 Å². The number of hydrogen-bond donors (Lipinski definition) is 0. The molecule has 0 heterocycles. The van der Waals surface area contributed by atoms with Crippen LogP contribution in [0, 0.1) is 0 Å². The average molecular weight is 190 g/mol. The summed E-state index contributed by atoms with van der Waals surface area (Å²) < 4.78 is 22.8. The lowest BCUT2D eigenvalue weighted by Gasteiger charge is -2.20. The molecule has 0 saturated heterocycles. The Labute approximate surface area is 75.6 Å². The summed E-state index contributed by atoms with van der Waals surface area (Å²) in [4.78, 5) is 0.495. The molecule has 0 aromatic carbocycles. The molecule has 0 N–H and O–H groups in total. The van der Waals surface area contributed by atoms with E-state index in [1.807, 2.05) is 13.8 Å². The summed E-state index contributed by atoms with van der Waals surface area (Å²) in [5, 5.41) is 0. The maximum atomic E-state index is 11.7. The Balaban J connectivity index is 5.34. The Morgan fingerprint density at radius 1 is 1.00 bits per heavy atom. The summed E-state index contributed by atoms with van der Waals surface area (Å²) in [7, 11) is -3.10. The number of sulfone groups is 1. The molecule has 0 spiro atoms. The first-order chi connectivity index (χ1) is 5.10. The Hall–Kier alpha value is -0.310. The predicted octanol–water partition coefficient (Wildman–Crippen LogP) is 2.51. The highest BCUT2D eigenvalue weighted by Gasteiger charge is 2.30. The second-order valence-electron chi connectivity index (χ2n) is 4.17. The molecular formula is C9H18O2S. The van der Waals surface area contributed by atoms with Crippen molar-refractivity contribution in [2.75, 3.05) is 0 Å². The van der Waals surface area contributed by atoms with Crippen LogP contribution in [0.4, 0.5) is 0 Å². The van der Waals surface area contributed by atoms with Crippen LogP contribution in [0.5, 0.6) is 0 Å². The third kappa shape index (κ3) is 2.09. The lowest BCUT2D eigenvalue weighted by Crippen LogP contribution is -2.28. The van der Waals surface area contributed by atoms with Crippen LogP contribution in [0.1, 0.15) is 41.5 Å². The van der Waals surface area contributed by atoms with Gasteiger partial charge in [-0.05, 0) is 41.5 Å². The van der Waals surface area contributed by atoms with Crippen molar-refractivity contribution in [2.45, 2.75) is 46.3 Å². The van der Waals surface area contributed by atoms with E-state index in [2.05, 4.69) is 0 Å². The van der Waals surface area contributed by atoms with Crippen molar-refractivity contribution >= 4 is 9.84 Å². The summed E-state index contributed by atoms with van der Waals surface area (Å²) in [5.74, 6) is 0. The highest BCUT2D eigenvalue weighted by molar-refractivity contribution is 7.96. The Morgan fingerprint density at radius 3 is 1.42 bits per heavy atom. The third-order valence-electron chi connectivity index (χ3n) is 1.91. The van der Waals surface area contributed by atoms with Crippen molar-refractivity contribution in [3.63, 3.8) is 0 Å². The van der Waals surface area contributed by atoms with Crippen LogP contribution in [0.15, 0.2) is 10.5 Å². The highest BCUT2D eigenvalue weighted by atomic mass is 32.2. The van der Waals surface area contributed by atoms with Gasteiger partial charge in [-0.3, -0.25) is 0 Å². The Morgan fingerprint density at radius 2 is 1.33 bits per heavy atom. The van der Waals surface area contributed by atoms with Crippen LogP contribution in [0.2, 0.25) is 0 Å². The van der Waals surface area contributed by atoms with E-state index < -0.39 is 14.6 Å². The van der Waals surface area contributed by atoms with Gasteiger partial charge in [0.05, 0.1) is 4.75 Å². The summed E-state index contributed by atoms with van der Waals surface area (Å²) in [6.07, 6.45) is 0. The van der Waals surface area contributed by atoms with Crippen LogP contribution in [-0.4, -0.2) is 13.2 Å². The topological polar surface area (TPSA) is 34.1 Å². The first-order valence-corrected chi connectivity index (χ1v) is 5.47. The van der Waals surface area contributed by atoms with Crippen LogP contribution in [0.3, 0.4) is 0 Å². The van der Waals surface area contributed by atoms with Crippen molar-refractivity contribution in [1.29, 1.82) is 0 Å². The van der Waals surface area contributed by atoms with Gasteiger partial charge in [-0.2, -0.15) is 0 Å². The molecule has 0 aromatic rings. The van der Waals surface area contributed by atoms with Crippen LogP contribution >= 0.6 is 0 Å². The molecule has 0 atom stereocenters. The quantitative estimate of drug-likeness (QED) is 0.636. The van der Waals surface area contributed by atoms with Crippen LogP contribution in [-0.2, 0) is 9.84 Å². The molecule has 0 bridgehead atoms. The second-order valence-corrected chi connectivity index (χ2v) is 7.02. The van der Waals surface area contributed by atoms with E-state index in [0.717, 1.165) is 5.57 Å². The largest absolute Gasteiger partial charge is 0.223 e. The van der Waals surface area contributed by atoms with Crippen molar-refractivity contribution in [3.05, 3.63) is 10.5 Å². The molecule has 0 amide bonds. The predicted molar refractivity (Wildman–Crippen MR) is 52.7 cm³/mol. The molecule has 0 aliphatic carbocycles. The minimum absolute atomic E-state index is 0.495. The first kappa shape index (κ1) is 11.7. The van der Waals surface area contributed by atoms with Gasteiger partial charge < -0.3 is 0 Å². The van der Waals surface area contributed by atoms with E-state index in [1.165, 1.54) is 0 Å². The lowest BCUT2D eigenvalue weighted by atomic mass is 10.3. The summed E-state index contributed by atoms with van der Waals surface area (Å²) in [5.41, 5.74) is 0.866.